The summed E-state index contributed by atoms with van der Waals surface area (Å²) in [5.41, 5.74) is 0. The Hall–Kier alpha value is -0.0800. The van der Waals surface area contributed by atoms with E-state index in [4.69, 9.17) is 0 Å². The van der Waals surface area contributed by atoms with Gasteiger partial charge >= 0.3 is 0 Å². The van der Waals surface area contributed by atoms with Crippen molar-refractivity contribution in [3.63, 3.8) is 0 Å². The topological polar surface area (TPSA) is 15.3 Å². The van der Waals surface area contributed by atoms with Crippen LogP contribution in [-0.4, -0.2) is 37.1 Å². The third-order valence-electron chi connectivity index (χ3n) is 4.41. The van der Waals surface area contributed by atoms with Crippen LogP contribution >= 0.6 is 0 Å². The summed E-state index contributed by atoms with van der Waals surface area (Å²) in [5, 5.41) is 3.67. The Bertz CT molecular complexity index is 187. The zero-order valence-corrected chi connectivity index (χ0v) is 10.9. The molecule has 2 fully saturated rings. The molecule has 2 heterocycles. The van der Waals surface area contributed by atoms with Crippen molar-refractivity contribution in [1.29, 1.82) is 0 Å². The molecule has 16 heavy (non-hydrogen) atoms. The van der Waals surface area contributed by atoms with Crippen LogP contribution in [0.15, 0.2) is 0 Å². The highest BCUT2D eigenvalue weighted by molar-refractivity contribution is 4.78. The van der Waals surface area contributed by atoms with Gasteiger partial charge in [0.1, 0.15) is 0 Å². The second-order valence-corrected chi connectivity index (χ2v) is 5.65. The molecule has 94 valence electrons. The van der Waals surface area contributed by atoms with Gasteiger partial charge < -0.3 is 10.2 Å². The molecule has 0 aromatic heterocycles. The summed E-state index contributed by atoms with van der Waals surface area (Å²) in [6.45, 7) is 7.58. The quantitative estimate of drug-likeness (QED) is 0.793. The van der Waals surface area contributed by atoms with Gasteiger partial charge in [-0.15, -0.1) is 0 Å². The Labute approximate surface area is 101 Å². The van der Waals surface area contributed by atoms with E-state index in [0.717, 1.165) is 12.0 Å². The van der Waals surface area contributed by atoms with Crippen LogP contribution in [0.4, 0.5) is 0 Å². The lowest BCUT2D eigenvalue weighted by molar-refractivity contribution is 0.228. The van der Waals surface area contributed by atoms with Gasteiger partial charge in [-0.2, -0.15) is 0 Å². The SMILES string of the molecule is CCC1CCCN(CC2CCCCN2)CC1. The van der Waals surface area contributed by atoms with Gasteiger partial charge in [0.2, 0.25) is 0 Å². The lowest BCUT2D eigenvalue weighted by Gasteiger charge is -2.29. The lowest BCUT2D eigenvalue weighted by atomic mass is 9.98. The molecule has 2 saturated heterocycles. The molecule has 0 saturated carbocycles. The highest BCUT2D eigenvalue weighted by atomic mass is 15.1. The maximum absolute atomic E-state index is 3.67. The molecule has 0 amide bonds. The van der Waals surface area contributed by atoms with E-state index in [9.17, 15) is 0 Å². The highest BCUT2D eigenvalue weighted by Crippen LogP contribution is 2.20. The summed E-state index contributed by atoms with van der Waals surface area (Å²) in [4.78, 5) is 2.71. The monoisotopic (exact) mass is 224 g/mol. The maximum atomic E-state index is 3.67. The first-order chi connectivity index (χ1) is 7.88. The van der Waals surface area contributed by atoms with E-state index in [-0.39, 0.29) is 0 Å². The van der Waals surface area contributed by atoms with Crippen LogP contribution in [0.2, 0.25) is 0 Å². The van der Waals surface area contributed by atoms with E-state index in [1.807, 2.05) is 0 Å². The van der Waals surface area contributed by atoms with Crippen molar-refractivity contribution in [2.75, 3.05) is 26.2 Å². The van der Waals surface area contributed by atoms with Gasteiger partial charge in [0.15, 0.2) is 0 Å². The van der Waals surface area contributed by atoms with E-state index in [1.165, 1.54) is 71.1 Å². The van der Waals surface area contributed by atoms with Crippen molar-refractivity contribution in [3.05, 3.63) is 0 Å². The number of nitrogens with zero attached hydrogens (tertiary/aromatic N) is 1. The molecule has 2 nitrogen and oxygen atoms in total. The Morgan fingerprint density at radius 2 is 2.00 bits per heavy atom. The number of piperidine rings is 1. The molecule has 2 aliphatic heterocycles. The van der Waals surface area contributed by atoms with Crippen LogP contribution in [0.5, 0.6) is 0 Å². The number of hydrogen-bond acceptors (Lipinski definition) is 2. The smallest absolute Gasteiger partial charge is 0.0195 e. The average Bonchev–Trinajstić information content (AvgIpc) is 2.56. The summed E-state index contributed by atoms with van der Waals surface area (Å²) >= 11 is 0. The van der Waals surface area contributed by atoms with Gasteiger partial charge in [0, 0.05) is 12.6 Å². The molecule has 0 spiro atoms. The predicted molar refractivity (Wildman–Crippen MR) is 69.7 cm³/mol. The maximum Gasteiger partial charge on any atom is 0.0195 e. The summed E-state index contributed by atoms with van der Waals surface area (Å²) < 4.78 is 0. The van der Waals surface area contributed by atoms with Crippen molar-refractivity contribution in [1.82, 2.24) is 10.2 Å². The van der Waals surface area contributed by atoms with Gasteiger partial charge in [-0.05, 0) is 57.7 Å². The number of nitrogens with one attached hydrogen (secondary N) is 1. The lowest BCUT2D eigenvalue weighted by Crippen LogP contribution is -2.44. The van der Waals surface area contributed by atoms with Crippen molar-refractivity contribution >= 4 is 0 Å². The van der Waals surface area contributed by atoms with Crippen molar-refractivity contribution in [2.24, 2.45) is 5.92 Å². The predicted octanol–water partition coefficient (Wildman–Crippen LogP) is 2.64. The minimum Gasteiger partial charge on any atom is -0.313 e. The van der Waals surface area contributed by atoms with Crippen molar-refractivity contribution in [3.8, 4) is 0 Å². The fourth-order valence-electron chi connectivity index (χ4n) is 3.21. The second kappa shape index (κ2) is 6.61. The Morgan fingerprint density at radius 3 is 2.75 bits per heavy atom. The van der Waals surface area contributed by atoms with E-state index in [2.05, 4.69) is 17.1 Å². The zero-order chi connectivity index (χ0) is 11.2. The van der Waals surface area contributed by atoms with E-state index >= 15 is 0 Å². The standard InChI is InChI=1S/C14H28N2/c1-2-13-6-5-10-16(11-8-13)12-14-7-3-4-9-15-14/h13-15H,2-12H2,1H3. The minimum absolute atomic E-state index is 0.784. The van der Waals surface area contributed by atoms with Gasteiger partial charge in [-0.25, -0.2) is 0 Å². The van der Waals surface area contributed by atoms with Gasteiger partial charge in [-0.3, -0.25) is 0 Å². The Kier molecular flexibility index (Phi) is 5.11. The first-order valence-corrected chi connectivity index (χ1v) is 7.34. The molecule has 2 unspecified atom stereocenters. The molecule has 2 rings (SSSR count). The molecule has 2 atom stereocenters. The van der Waals surface area contributed by atoms with Gasteiger partial charge in [0.05, 0.1) is 0 Å². The van der Waals surface area contributed by atoms with Gasteiger partial charge in [-0.1, -0.05) is 19.8 Å². The normalized spacial score (nSPS) is 33.6. The van der Waals surface area contributed by atoms with Crippen molar-refractivity contribution < 1.29 is 0 Å². The Morgan fingerprint density at radius 1 is 1.06 bits per heavy atom. The van der Waals surface area contributed by atoms with E-state index in [0.29, 0.717) is 0 Å². The summed E-state index contributed by atoms with van der Waals surface area (Å²) in [7, 11) is 0. The largest absolute Gasteiger partial charge is 0.313 e. The van der Waals surface area contributed by atoms with Crippen LogP contribution in [0.3, 0.4) is 0 Å². The average molecular weight is 224 g/mol. The van der Waals surface area contributed by atoms with E-state index in [1.54, 1.807) is 0 Å². The van der Waals surface area contributed by atoms with Crippen LogP contribution in [0.25, 0.3) is 0 Å². The summed E-state index contributed by atoms with van der Waals surface area (Å²) in [6, 6.07) is 0.784. The van der Waals surface area contributed by atoms with Crippen LogP contribution in [0, 0.1) is 5.92 Å². The molecule has 2 heteroatoms. The molecule has 0 bridgehead atoms. The third kappa shape index (κ3) is 3.74. The van der Waals surface area contributed by atoms with Crippen LogP contribution in [0.1, 0.15) is 51.9 Å². The molecular weight excluding hydrogens is 196 g/mol. The first kappa shape index (κ1) is 12.4. The highest BCUT2D eigenvalue weighted by Gasteiger charge is 2.19. The molecule has 0 aromatic rings. The molecule has 0 aliphatic carbocycles. The number of rotatable bonds is 3. The number of likely N-dealkylation sites (tertiary alicyclic amines) is 1. The zero-order valence-electron chi connectivity index (χ0n) is 10.9. The molecule has 1 N–H and O–H groups in total. The van der Waals surface area contributed by atoms with Crippen molar-refractivity contribution in [2.45, 2.75) is 57.9 Å². The summed E-state index contributed by atoms with van der Waals surface area (Å²) in [6.07, 6.45) is 9.92. The summed E-state index contributed by atoms with van der Waals surface area (Å²) in [5.74, 6) is 1.00. The fourth-order valence-corrected chi connectivity index (χ4v) is 3.21. The molecule has 0 radical (unpaired) electrons. The number of hydrogen-bond donors (Lipinski definition) is 1. The Balaban J connectivity index is 1.72. The molecule has 0 aromatic carbocycles. The fraction of sp³-hybridized carbons (Fsp3) is 1.00. The first-order valence-electron chi connectivity index (χ1n) is 7.34. The van der Waals surface area contributed by atoms with Gasteiger partial charge in [0.25, 0.3) is 0 Å². The second-order valence-electron chi connectivity index (χ2n) is 5.65. The van der Waals surface area contributed by atoms with E-state index < -0.39 is 0 Å². The third-order valence-corrected chi connectivity index (χ3v) is 4.41. The van der Waals surface area contributed by atoms with Crippen LogP contribution in [-0.2, 0) is 0 Å². The minimum atomic E-state index is 0.784. The molecular formula is C14H28N2. The van der Waals surface area contributed by atoms with Crippen LogP contribution < -0.4 is 5.32 Å². The molecule has 2 aliphatic rings.